The fourth-order valence-electron chi connectivity index (χ4n) is 6.26. The first-order valence-electron chi connectivity index (χ1n) is 16.2. The number of rotatable bonds is 12. The number of likely N-dealkylation sites (tertiary alicyclic amines) is 1. The molecule has 2 unspecified atom stereocenters. The number of aliphatic hydroxyl groups is 1. The largest absolute Gasteiger partial charge is 0.483 e. The lowest BCUT2D eigenvalue weighted by molar-refractivity contribution is -0.130. The number of para-hydroxylation sites is 1. The zero-order valence-electron chi connectivity index (χ0n) is 27.2. The van der Waals surface area contributed by atoms with E-state index >= 15 is 0 Å². The summed E-state index contributed by atoms with van der Waals surface area (Å²) < 4.78 is 0. The molecular weight excluding hydrogens is 580 g/mol. The molecule has 3 aromatic rings. The average molecular weight is 631 g/mol. The van der Waals surface area contributed by atoms with Gasteiger partial charge in [0.25, 0.3) is 6.47 Å². The van der Waals surface area contributed by atoms with Crippen molar-refractivity contribution in [3.05, 3.63) is 84.4 Å². The number of nitrogens with zero attached hydrogens (tertiary/aromatic N) is 2. The summed E-state index contributed by atoms with van der Waals surface area (Å²) >= 11 is 0. The van der Waals surface area contributed by atoms with Gasteiger partial charge in [0.2, 0.25) is 11.8 Å². The van der Waals surface area contributed by atoms with Gasteiger partial charge < -0.3 is 30.6 Å². The van der Waals surface area contributed by atoms with E-state index in [1.54, 1.807) is 11.0 Å². The van der Waals surface area contributed by atoms with E-state index in [0.717, 1.165) is 36.8 Å². The molecule has 4 N–H and O–H groups in total. The van der Waals surface area contributed by atoms with Crippen molar-refractivity contribution in [3.8, 4) is 11.1 Å². The van der Waals surface area contributed by atoms with Crippen LogP contribution >= 0.6 is 0 Å². The van der Waals surface area contributed by atoms with Crippen LogP contribution < -0.4 is 10.6 Å². The van der Waals surface area contributed by atoms with E-state index in [1.807, 2.05) is 44.4 Å². The lowest BCUT2D eigenvalue weighted by Gasteiger charge is -2.20. The number of fused-ring (bicyclic) bond motifs is 1. The number of carbonyl (C=O) groups is 3. The number of carbonyl (C=O) groups excluding carboxylic acids is 2. The Bertz CT molecular complexity index is 1340. The number of carboxylic acid groups (broad SMARTS) is 1. The summed E-state index contributed by atoms with van der Waals surface area (Å²) in [6.07, 6.45) is 6.72. The molecule has 1 saturated heterocycles. The number of benzene rings is 3. The third-order valence-corrected chi connectivity index (χ3v) is 8.69. The Balaban J connectivity index is 0.000000281. The van der Waals surface area contributed by atoms with Crippen LogP contribution in [-0.2, 0) is 21.0 Å². The minimum atomic E-state index is -0.250. The monoisotopic (exact) mass is 630 g/mol. The molecule has 0 radical (unpaired) electrons. The van der Waals surface area contributed by atoms with Crippen molar-refractivity contribution in [2.45, 2.75) is 51.6 Å². The molecule has 1 aliphatic carbocycles. The van der Waals surface area contributed by atoms with E-state index in [0.29, 0.717) is 25.1 Å². The van der Waals surface area contributed by atoms with Crippen LogP contribution in [-0.4, -0.2) is 78.6 Å². The molecule has 0 bridgehead atoms. The summed E-state index contributed by atoms with van der Waals surface area (Å²) in [4.78, 5) is 37.1. The third-order valence-electron chi connectivity index (χ3n) is 8.69. The van der Waals surface area contributed by atoms with Gasteiger partial charge in [-0.25, -0.2) is 0 Å². The van der Waals surface area contributed by atoms with Gasteiger partial charge in [-0.05, 0) is 66.8 Å². The number of nitrogens with one attached hydrogen (secondary N) is 2. The third kappa shape index (κ3) is 11.9. The van der Waals surface area contributed by atoms with Crippen molar-refractivity contribution in [2.24, 2.45) is 11.8 Å². The van der Waals surface area contributed by atoms with Crippen molar-refractivity contribution in [3.63, 3.8) is 0 Å². The first kappa shape index (κ1) is 36.3. The molecule has 46 heavy (non-hydrogen) atoms. The van der Waals surface area contributed by atoms with Gasteiger partial charge >= 0.3 is 0 Å². The first-order valence-corrected chi connectivity index (χ1v) is 16.2. The molecule has 0 spiro atoms. The van der Waals surface area contributed by atoms with Gasteiger partial charge in [-0.2, -0.15) is 0 Å². The Kier molecular flexibility index (Phi) is 15.8. The van der Waals surface area contributed by atoms with Crippen LogP contribution in [0.4, 0.5) is 11.4 Å². The molecule has 248 valence electrons. The van der Waals surface area contributed by atoms with Gasteiger partial charge in [0.15, 0.2) is 0 Å². The Morgan fingerprint density at radius 3 is 2.28 bits per heavy atom. The van der Waals surface area contributed by atoms with Gasteiger partial charge in [0, 0.05) is 70.1 Å². The highest BCUT2D eigenvalue weighted by atomic mass is 16.3. The number of unbranched alkanes of at least 4 members (excludes halogenated alkanes) is 1. The van der Waals surface area contributed by atoms with Gasteiger partial charge in [-0.1, -0.05) is 67.1 Å². The second kappa shape index (κ2) is 20.0. The second-order valence-corrected chi connectivity index (χ2v) is 11.9. The van der Waals surface area contributed by atoms with E-state index in [9.17, 15) is 9.59 Å². The van der Waals surface area contributed by atoms with E-state index in [2.05, 4.69) is 58.0 Å². The molecule has 2 fully saturated rings. The van der Waals surface area contributed by atoms with Crippen LogP contribution in [0.25, 0.3) is 11.1 Å². The smallest absolute Gasteiger partial charge is 0.290 e. The normalized spacial score (nSPS) is 16.6. The van der Waals surface area contributed by atoms with Crippen LogP contribution in [0, 0.1) is 11.8 Å². The molecule has 9 nitrogen and oxygen atoms in total. The molecule has 2 aliphatic rings. The lowest BCUT2D eigenvalue weighted by Crippen LogP contribution is -2.32. The molecular formula is C37H50N4O5. The highest BCUT2D eigenvalue weighted by molar-refractivity contribution is 5.90. The van der Waals surface area contributed by atoms with Crippen molar-refractivity contribution < 1.29 is 24.6 Å². The van der Waals surface area contributed by atoms with Gasteiger partial charge in [-0.3, -0.25) is 14.4 Å². The molecule has 2 atom stereocenters. The standard InChI is InChI=1S/C23H35N3O3.C13H13N.CH2O2/c1-25(23(29)11-13-26-15-19-7-5-8-20(19)16-26)12-3-2-10-22(28)24-21-9-4-6-18(14-21)17-27;1-14-13-10-6-5-9-12(13)11-7-3-2-4-8-11;2-1-3/h4,6,9,14,19-20,27H,2-3,5,7-8,10-13,15-17H2,1H3,(H,24,28);2-10,14H,1H3;1H,(H,2,3). The molecule has 5 rings (SSSR count). The lowest BCUT2D eigenvalue weighted by atomic mass is 10.0. The van der Waals surface area contributed by atoms with E-state index in [4.69, 9.17) is 15.0 Å². The Hall–Kier alpha value is -4.21. The highest BCUT2D eigenvalue weighted by Crippen LogP contribution is 2.37. The number of hydrogen-bond donors (Lipinski definition) is 4. The van der Waals surface area contributed by atoms with Crippen LogP contribution in [0.15, 0.2) is 78.9 Å². The molecule has 2 amide bonds. The average Bonchev–Trinajstić information content (AvgIpc) is 3.69. The molecule has 9 heteroatoms. The van der Waals surface area contributed by atoms with Gasteiger partial charge in [-0.15, -0.1) is 0 Å². The maximum absolute atomic E-state index is 12.4. The number of amides is 2. The van der Waals surface area contributed by atoms with Gasteiger partial charge in [0.1, 0.15) is 0 Å². The van der Waals surface area contributed by atoms with Crippen LogP contribution in [0.5, 0.6) is 0 Å². The van der Waals surface area contributed by atoms with Crippen molar-refractivity contribution in [1.82, 2.24) is 9.80 Å². The zero-order valence-corrected chi connectivity index (χ0v) is 27.2. The number of anilines is 2. The summed E-state index contributed by atoms with van der Waals surface area (Å²) in [5.41, 5.74) is 5.15. The first-order chi connectivity index (χ1) is 22.4. The second-order valence-electron chi connectivity index (χ2n) is 11.9. The summed E-state index contributed by atoms with van der Waals surface area (Å²) in [7, 11) is 3.81. The maximum Gasteiger partial charge on any atom is 0.290 e. The van der Waals surface area contributed by atoms with E-state index in [-0.39, 0.29) is 24.9 Å². The SMILES string of the molecule is CN(CCCCC(=O)Nc1cccc(CO)c1)C(=O)CCN1CC2CCCC2C1.CNc1ccccc1-c1ccccc1.O=CO. The minimum Gasteiger partial charge on any atom is -0.483 e. The summed E-state index contributed by atoms with van der Waals surface area (Å²) in [6.45, 7) is 3.64. The Morgan fingerprint density at radius 1 is 0.935 bits per heavy atom. The highest BCUT2D eigenvalue weighted by Gasteiger charge is 2.35. The number of aliphatic hydroxyl groups excluding tert-OH is 1. The summed E-state index contributed by atoms with van der Waals surface area (Å²) in [5, 5.41) is 22.1. The fourth-order valence-corrected chi connectivity index (χ4v) is 6.26. The zero-order chi connectivity index (χ0) is 33.1. The van der Waals surface area contributed by atoms with Crippen molar-refractivity contribution >= 4 is 29.7 Å². The topological polar surface area (TPSA) is 122 Å². The Morgan fingerprint density at radius 2 is 1.61 bits per heavy atom. The predicted octanol–water partition coefficient (Wildman–Crippen LogP) is 5.96. The molecule has 1 aliphatic heterocycles. The molecule has 1 saturated carbocycles. The van der Waals surface area contributed by atoms with Gasteiger partial charge in [0.05, 0.1) is 6.61 Å². The van der Waals surface area contributed by atoms with Crippen molar-refractivity contribution in [2.75, 3.05) is 50.9 Å². The van der Waals surface area contributed by atoms with E-state index < -0.39 is 0 Å². The number of hydrogen-bond acceptors (Lipinski definition) is 6. The molecule has 1 heterocycles. The summed E-state index contributed by atoms with van der Waals surface area (Å²) in [5.74, 6) is 1.92. The molecule has 3 aromatic carbocycles. The maximum atomic E-state index is 12.4. The minimum absolute atomic E-state index is 0.0337. The summed E-state index contributed by atoms with van der Waals surface area (Å²) in [6, 6.07) is 25.9. The fraction of sp³-hybridized carbons (Fsp3) is 0.432. The van der Waals surface area contributed by atoms with E-state index in [1.165, 1.54) is 49.2 Å². The molecule has 0 aromatic heterocycles. The van der Waals surface area contributed by atoms with Crippen LogP contribution in [0.2, 0.25) is 0 Å². The Labute approximate surface area is 273 Å². The van der Waals surface area contributed by atoms with Crippen LogP contribution in [0.1, 0.15) is 50.5 Å². The predicted molar refractivity (Wildman–Crippen MR) is 184 cm³/mol. The van der Waals surface area contributed by atoms with Crippen LogP contribution in [0.3, 0.4) is 0 Å². The van der Waals surface area contributed by atoms with Crippen molar-refractivity contribution in [1.29, 1.82) is 0 Å². The quantitative estimate of drug-likeness (QED) is 0.144.